The zero-order chi connectivity index (χ0) is 24.7. The molecular weight excluding hydrogens is 426 g/mol. The molecule has 2 amide bonds. The van der Waals surface area contributed by atoms with E-state index in [2.05, 4.69) is 18.1 Å². The predicted octanol–water partition coefficient (Wildman–Crippen LogP) is 5.33. The summed E-state index contributed by atoms with van der Waals surface area (Å²) in [5.41, 5.74) is 2.97. The molecule has 0 radical (unpaired) electrons. The molecule has 1 aliphatic carbocycles. The largest absolute Gasteiger partial charge is 0.468 e. The average Bonchev–Trinajstić information content (AvgIpc) is 3.08. The lowest BCUT2D eigenvalue weighted by molar-refractivity contribution is -0.141. The van der Waals surface area contributed by atoms with Crippen LogP contribution in [0.15, 0.2) is 84.4 Å². The normalized spacial score (nSPS) is 19.6. The molecule has 1 atom stereocenters. The summed E-state index contributed by atoms with van der Waals surface area (Å²) in [6.07, 6.45) is 14.1. The van der Waals surface area contributed by atoms with Crippen molar-refractivity contribution in [3.05, 3.63) is 84.4 Å². The predicted molar refractivity (Wildman–Crippen MR) is 135 cm³/mol. The maximum absolute atomic E-state index is 13.9. The fraction of sp³-hybridized carbons (Fsp3) is 0.393. The molecule has 2 aliphatic rings. The van der Waals surface area contributed by atoms with Crippen LogP contribution >= 0.6 is 0 Å². The van der Waals surface area contributed by atoms with Gasteiger partial charge in [-0.3, -0.25) is 14.5 Å². The zero-order valence-electron chi connectivity index (χ0n) is 20.5. The van der Waals surface area contributed by atoms with Gasteiger partial charge in [0.1, 0.15) is 6.04 Å². The summed E-state index contributed by atoms with van der Waals surface area (Å²) < 4.78 is 5.67. The number of ether oxygens (including phenoxy) is 1. The molecule has 1 saturated carbocycles. The van der Waals surface area contributed by atoms with Gasteiger partial charge in [-0.25, -0.2) is 4.98 Å². The smallest absolute Gasteiger partial charge is 0.265 e. The van der Waals surface area contributed by atoms with E-state index in [4.69, 9.17) is 4.74 Å². The Kier molecular flexibility index (Phi) is 8.63. The number of hydrogen-bond donors (Lipinski definition) is 0. The fourth-order valence-corrected chi connectivity index (χ4v) is 4.76. The third-order valence-corrected chi connectivity index (χ3v) is 6.22. The molecule has 6 nitrogen and oxygen atoms in total. The van der Waals surface area contributed by atoms with Crippen molar-refractivity contribution in [2.45, 2.75) is 65.0 Å². The molecule has 6 heteroatoms. The Morgan fingerprint density at radius 1 is 1.29 bits per heavy atom. The van der Waals surface area contributed by atoms with Crippen LogP contribution in [0.1, 0.15) is 52.9 Å². The summed E-state index contributed by atoms with van der Waals surface area (Å²) in [6.45, 7) is 13.4. The van der Waals surface area contributed by atoms with Crippen molar-refractivity contribution in [1.82, 2.24) is 14.8 Å². The number of allylic oxidation sites excluding steroid dienone is 5. The summed E-state index contributed by atoms with van der Waals surface area (Å²) in [5.74, 6) is -0.0839. The maximum Gasteiger partial charge on any atom is 0.265 e. The average molecular weight is 462 g/mol. The first-order chi connectivity index (χ1) is 16.4. The minimum Gasteiger partial charge on any atom is -0.468 e. The Balaban J connectivity index is 2.01. The highest BCUT2D eigenvalue weighted by atomic mass is 16.5. The third kappa shape index (κ3) is 5.56. The summed E-state index contributed by atoms with van der Waals surface area (Å²) in [6, 6.07) is 4.61. The second kappa shape index (κ2) is 11.6. The van der Waals surface area contributed by atoms with Crippen molar-refractivity contribution in [1.29, 1.82) is 0 Å². The second-order valence-electron chi connectivity index (χ2n) is 8.78. The Morgan fingerprint density at radius 3 is 2.62 bits per heavy atom. The van der Waals surface area contributed by atoms with Gasteiger partial charge in [0.2, 0.25) is 5.88 Å². The number of amides is 2. The van der Waals surface area contributed by atoms with Crippen molar-refractivity contribution in [2.24, 2.45) is 0 Å². The quantitative estimate of drug-likeness (QED) is 0.467. The molecule has 34 heavy (non-hydrogen) atoms. The van der Waals surface area contributed by atoms with Crippen LogP contribution in [0.4, 0.5) is 0 Å². The van der Waals surface area contributed by atoms with Gasteiger partial charge in [0.15, 0.2) is 6.61 Å². The Morgan fingerprint density at radius 2 is 2.03 bits per heavy atom. The lowest BCUT2D eigenvalue weighted by Crippen LogP contribution is -2.49. The van der Waals surface area contributed by atoms with E-state index in [9.17, 15) is 9.59 Å². The molecule has 1 fully saturated rings. The van der Waals surface area contributed by atoms with Crippen molar-refractivity contribution in [2.75, 3.05) is 6.61 Å². The lowest BCUT2D eigenvalue weighted by Gasteiger charge is -2.34. The van der Waals surface area contributed by atoms with Gasteiger partial charge in [-0.2, -0.15) is 0 Å². The molecule has 1 aromatic rings. The zero-order valence-corrected chi connectivity index (χ0v) is 20.5. The molecule has 1 aromatic heterocycles. The number of carbonyl (C=O) groups excluding carboxylic acids is 2. The van der Waals surface area contributed by atoms with E-state index in [1.54, 1.807) is 30.5 Å². The molecule has 1 unspecified atom stereocenters. The number of carbonyl (C=O) groups is 2. The van der Waals surface area contributed by atoms with Crippen LogP contribution in [0.2, 0.25) is 0 Å². The van der Waals surface area contributed by atoms with E-state index in [1.807, 2.05) is 43.9 Å². The molecule has 2 heterocycles. The number of aromatic nitrogens is 1. The minimum atomic E-state index is -0.805. The third-order valence-electron chi connectivity index (χ3n) is 6.22. The van der Waals surface area contributed by atoms with E-state index in [0.717, 1.165) is 42.5 Å². The standard InChI is InChI=1S/C28H35N3O3/c1-6-13-23(18-20(3)4)31(26(32)19-34-25-16-11-12-17-29-25)27-24(7-2)21(5)30(28(27)33)22-14-9-8-10-15-22/h6-7,11-13,16-18,22,27H,2-3,8-10,14-15,19H2,1,4-5H3/b13-6-,23-18+. The monoisotopic (exact) mass is 461 g/mol. The van der Waals surface area contributed by atoms with E-state index in [1.165, 1.54) is 11.3 Å². The Labute approximate surface area is 203 Å². The highest BCUT2D eigenvalue weighted by Gasteiger charge is 2.45. The summed E-state index contributed by atoms with van der Waals surface area (Å²) in [4.78, 5) is 35.1. The number of pyridine rings is 1. The number of rotatable bonds is 9. The fourth-order valence-electron chi connectivity index (χ4n) is 4.76. The van der Waals surface area contributed by atoms with Gasteiger partial charge in [0.25, 0.3) is 11.8 Å². The maximum atomic E-state index is 13.9. The molecular formula is C28H35N3O3. The molecule has 0 aromatic carbocycles. The molecule has 0 N–H and O–H groups in total. The molecule has 180 valence electrons. The van der Waals surface area contributed by atoms with Gasteiger partial charge in [-0.05, 0) is 51.8 Å². The van der Waals surface area contributed by atoms with Crippen LogP contribution in [0.3, 0.4) is 0 Å². The Bertz CT molecular complexity index is 1020. The molecule has 0 spiro atoms. The van der Waals surface area contributed by atoms with E-state index in [-0.39, 0.29) is 24.5 Å². The number of hydrogen-bond acceptors (Lipinski definition) is 4. The van der Waals surface area contributed by atoms with Gasteiger partial charge >= 0.3 is 0 Å². The van der Waals surface area contributed by atoms with Gasteiger partial charge in [0, 0.05) is 35.3 Å². The van der Waals surface area contributed by atoms with Crippen molar-refractivity contribution in [3.8, 4) is 5.88 Å². The second-order valence-corrected chi connectivity index (χ2v) is 8.78. The topological polar surface area (TPSA) is 62.7 Å². The SMILES string of the molecule is C=CC1=C(C)N(C2CCCCC2)C(=O)C1N(C(=O)COc1ccccn1)C(/C=C\C)=C/C(=C)C. The van der Waals surface area contributed by atoms with Crippen LogP contribution < -0.4 is 4.74 Å². The number of nitrogens with zero attached hydrogens (tertiary/aromatic N) is 3. The first-order valence-electron chi connectivity index (χ1n) is 11.9. The molecule has 0 saturated heterocycles. The van der Waals surface area contributed by atoms with E-state index >= 15 is 0 Å². The lowest BCUT2D eigenvalue weighted by atomic mass is 9.94. The van der Waals surface area contributed by atoms with Gasteiger partial charge < -0.3 is 9.64 Å². The van der Waals surface area contributed by atoms with Crippen LogP contribution in [-0.2, 0) is 9.59 Å². The highest BCUT2D eigenvalue weighted by Crippen LogP contribution is 2.36. The van der Waals surface area contributed by atoms with Crippen LogP contribution in [0, 0.1) is 0 Å². The van der Waals surface area contributed by atoms with E-state index in [0.29, 0.717) is 11.6 Å². The van der Waals surface area contributed by atoms with E-state index < -0.39 is 6.04 Å². The van der Waals surface area contributed by atoms with Gasteiger partial charge in [0.05, 0.1) is 0 Å². The summed E-state index contributed by atoms with van der Waals surface area (Å²) in [7, 11) is 0. The molecule has 1 aliphatic heterocycles. The van der Waals surface area contributed by atoms with Crippen LogP contribution in [-0.4, -0.2) is 45.3 Å². The van der Waals surface area contributed by atoms with Crippen LogP contribution in [0.5, 0.6) is 5.88 Å². The minimum absolute atomic E-state index is 0.0948. The Hall–Kier alpha value is -3.41. The van der Waals surface area contributed by atoms with Crippen molar-refractivity contribution < 1.29 is 14.3 Å². The van der Waals surface area contributed by atoms with Gasteiger partial charge in [-0.1, -0.05) is 56.2 Å². The molecule has 0 bridgehead atoms. The highest BCUT2D eigenvalue weighted by molar-refractivity contribution is 5.96. The summed E-state index contributed by atoms with van der Waals surface area (Å²) >= 11 is 0. The first kappa shape index (κ1) is 25.2. The van der Waals surface area contributed by atoms with Gasteiger partial charge in [-0.15, -0.1) is 0 Å². The first-order valence-corrected chi connectivity index (χ1v) is 11.9. The van der Waals surface area contributed by atoms with Crippen LogP contribution in [0.25, 0.3) is 0 Å². The summed E-state index contributed by atoms with van der Waals surface area (Å²) in [5, 5.41) is 0. The van der Waals surface area contributed by atoms with Crippen molar-refractivity contribution in [3.63, 3.8) is 0 Å². The van der Waals surface area contributed by atoms with Crippen molar-refractivity contribution >= 4 is 11.8 Å². The molecule has 3 rings (SSSR count).